The molecule has 1 aliphatic rings. The third-order valence-corrected chi connectivity index (χ3v) is 3.48. The van der Waals surface area contributed by atoms with Gasteiger partial charge in [-0.1, -0.05) is 35.5 Å². The number of fused-ring (bicyclic) bond motifs is 3. The molecule has 0 aromatic heterocycles. The summed E-state index contributed by atoms with van der Waals surface area (Å²) in [5, 5.41) is 12.6. The molecular weight excluding hydrogens is 313 g/mol. The largest absolute Gasteiger partial charge is 0.410 e. The van der Waals surface area contributed by atoms with E-state index in [2.05, 4.69) is 45.9 Å². The van der Waals surface area contributed by atoms with Crippen molar-refractivity contribution in [3.8, 4) is 11.1 Å². The maximum Gasteiger partial charge on any atom is 0.118 e. The van der Waals surface area contributed by atoms with Crippen molar-refractivity contribution in [1.29, 1.82) is 0 Å². The molecule has 0 radical (unpaired) electrons. The minimum absolute atomic E-state index is 0.670. The van der Waals surface area contributed by atoms with Gasteiger partial charge < -0.3 is 5.21 Å². The second-order valence-electron chi connectivity index (χ2n) is 3.68. The molecule has 78 valence electrons. The lowest BCUT2D eigenvalue weighted by Gasteiger charge is -1.99. The first-order valence-corrected chi connectivity index (χ1v) is 6.01. The molecule has 0 heterocycles. The molecule has 2 nitrogen and oxygen atoms in total. The van der Waals surface area contributed by atoms with Gasteiger partial charge in [0.1, 0.15) is 5.71 Å². The zero-order chi connectivity index (χ0) is 11.1. The number of hydrogen-bond acceptors (Lipinski definition) is 2. The summed E-state index contributed by atoms with van der Waals surface area (Å²) in [5.41, 5.74) is 4.97. The smallest absolute Gasteiger partial charge is 0.118 e. The molecule has 0 aliphatic heterocycles. The van der Waals surface area contributed by atoms with Gasteiger partial charge in [-0.2, -0.15) is 0 Å². The fourth-order valence-electron chi connectivity index (χ4n) is 2.12. The summed E-state index contributed by atoms with van der Waals surface area (Å²) >= 11 is 2.26. The molecule has 0 bridgehead atoms. The predicted octanol–water partition coefficient (Wildman–Crippen LogP) is 3.50. The van der Waals surface area contributed by atoms with Crippen LogP contribution in [-0.2, 0) is 0 Å². The average molecular weight is 321 g/mol. The minimum Gasteiger partial charge on any atom is -0.410 e. The SMILES string of the molecule is O/N=C1/c2ccccc2-c2ccc(I)cc21. The highest BCUT2D eigenvalue weighted by Gasteiger charge is 2.24. The Morgan fingerprint density at radius 3 is 2.31 bits per heavy atom. The van der Waals surface area contributed by atoms with Crippen LogP contribution in [0.3, 0.4) is 0 Å². The Hall–Kier alpha value is -1.36. The van der Waals surface area contributed by atoms with E-state index < -0.39 is 0 Å². The van der Waals surface area contributed by atoms with Crippen LogP contribution in [0.5, 0.6) is 0 Å². The number of halogens is 1. The van der Waals surface area contributed by atoms with Crippen molar-refractivity contribution in [2.45, 2.75) is 0 Å². The van der Waals surface area contributed by atoms with Crippen LogP contribution in [0.25, 0.3) is 11.1 Å². The van der Waals surface area contributed by atoms with Crippen molar-refractivity contribution in [3.63, 3.8) is 0 Å². The first-order valence-electron chi connectivity index (χ1n) is 4.93. The lowest BCUT2D eigenvalue weighted by atomic mass is 10.1. The van der Waals surface area contributed by atoms with Gasteiger partial charge in [-0.3, -0.25) is 0 Å². The van der Waals surface area contributed by atoms with Gasteiger partial charge in [0.25, 0.3) is 0 Å². The molecule has 16 heavy (non-hydrogen) atoms. The molecule has 0 unspecified atom stereocenters. The molecular formula is C13H8INO. The highest BCUT2D eigenvalue weighted by atomic mass is 127. The van der Waals surface area contributed by atoms with Crippen LogP contribution in [0.4, 0.5) is 0 Å². The minimum atomic E-state index is 0.670. The summed E-state index contributed by atoms with van der Waals surface area (Å²) in [7, 11) is 0. The van der Waals surface area contributed by atoms with E-state index >= 15 is 0 Å². The molecule has 1 aliphatic carbocycles. The number of oxime groups is 1. The highest BCUT2D eigenvalue weighted by Crippen LogP contribution is 2.37. The molecule has 0 atom stereocenters. The predicted molar refractivity (Wildman–Crippen MR) is 72.0 cm³/mol. The summed E-state index contributed by atoms with van der Waals surface area (Å²) in [6.45, 7) is 0. The van der Waals surface area contributed by atoms with Crippen LogP contribution in [-0.4, -0.2) is 10.9 Å². The van der Waals surface area contributed by atoms with Crippen LogP contribution >= 0.6 is 22.6 Å². The average Bonchev–Trinajstić information content (AvgIpc) is 2.61. The van der Waals surface area contributed by atoms with Crippen LogP contribution in [0.15, 0.2) is 47.6 Å². The van der Waals surface area contributed by atoms with Crippen molar-refractivity contribution in [2.24, 2.45) is 5.16 Å². The first kappa shape index (κ1) is 9.84. The molecule has 2 aromatic carbocycles. The Bertz CT molecular complexity index is 605. The molecule has 3 heteroatoms. The van der Waals surface area contributed by atoms with Crippen LogP contribution in [0, 0.1) is 3.57 Å². The maximum absolute atomic E-state index is 9.14. The highest BCUT2D eigenvalue weighted by molar-refractivity contribution is 14.1. The van der Waals surface area contributed by atoms with E-state index in [1.807, 2.05) is 24.3 Å². The second-order valence-corrected chi connectivity index (χ2v) is 4.93. The van der Waals surface area contributed by atoms with Crippen molar-refractivity contribution >= 4 is 28.3 Å². The molecule has 0 spiro atoms. The van der Waals surface area contributed by atoms with Crippen molar-refractivity contribution in [1.82, 2.24) is 0 Å². The van der Waals surface area contributed by atoms with Crippen LogP contribution < -0.4 is 0 Å². The van der Waals surface area contributed by atoms with Gasteiger partial charge in [0.2, 0.25) is 0 Å². The molecule has 0 saturated carbocycles. The van der Waals surface area contributed by atoms with Crippen molar-refractivity contribution in [3.05, 3.63) is 57.2 Å². The number of benzene rings is 2. The van der Waals surface area contributed by atoms with Gasteiger partial charge in [-0.15, -0.1) is 0 Å². The molecule has 3 rings (SSSR count). The summed E-state index contributed by atoms with van der Waals surface area (Å²) in [4.78, 5) is 0. The fourth-order valence-corrected chi connectivity index (χ4v) is 2.62. The quantitative estimate of drug-likeness (QED) is 0.384. The van der Waals surface area contributed by atoms with Gasteiger partial charge >= 0.3 is 0 Å². The molecule has 1 N–H and O–H groups in total. The molecule has 2 aromatic rings. The fraction of sp³-hybridized carbons (Fsp3) is 0. The van der Waals surface area contributed by atoms with Crippen LogP contribution in [0.1, 0.15) is 11.1 Å². The lowest BCUT2D eigenvalue weighted by molar-refractivity contribution is 0.320. The molecule has 0 saturated heterocycles. The van der Waals surface area contributed by atoms with E-state index in [1.165, 1.54) is 0 Å². The molecule has 0 fully saturated rings. The topological polar surface area (TPSA) is 32.6 Å². The van der Waals surface area contributed by atoms with E-state index in [-0.39, 0.29) is 0 Å². The Labute approximate surface area is 107 Å². The van der Waals surface area contributed by atoms with E-state index in [0.717, 1.165) is 25.8 Å². The number of nitrogens with zero attached hydrogens (tertiary/aromatic N) is 1. The Kier molecular flexibility index (Phi) is 2.21. The van der Waals surface area contributed by atoms with E-state index in [0.29, 0.717) is 5.71 Å². The lowest BCUT2D eigenvalue weighted by Crippen LogP contribution is -1.97. The summed E-state index contributed by atoms with van der Waals surface area (Å²) in [6.07, 6.45) is 0. The van der Waals surface area contributed by atoms with Gasteiger partial charge in [-0.05, 0) is 45.9 Å². The number of hydrogen-bond donors (Lipinski definition) is 1. The third kappa shape index (κ3) is 1.28. The van der Waals surface area contributed by atoms with E-state index in [1.54, 1.807) is 0 Å². The van der Waals surface area contributed by atoms with E-state index in [4.69, 9.17) is 5.21 Å². The van der Waals surface area contributed by atoms with Crippen LogP contribution in [0.2, 0.25) is 0 Å². The summed E-state index contributed by atoms with van der Waals surface area (Å²) in [5.74, 6) is 0. The Morgan fingerprint density at radius 2 is 1.56 bits per heavy atom. The Morgan fingerprint density at radius 1 is 0.875 bits per heavy atom. The van der Waals surface area contributed by atoms with Gasteiger partial charge in [0.15, 0.2) is 0 Å². The van der Waals surface area contributed by atoms with Crippen molar-refractivity contribution in [2.75, 3.05) is 0 Å². The van der Waals surface area contributed by atoms with Gasteiger partial charge in [-0.25, -0.2) is 0 Å². The first-order chi connectivity index (χ1) is 7.81. The third-order valence-electron chi connectivity index (χ3n) is 2.81. The van der Waals surface area contributed by atoms with Gasteiger partial charge in [0.05, 0.1) is 0 Å². The maximum atomic E-state index is 9.14. The second kappa shape index (κ2) is 3.59. The zero-order valence-corrected chi connectivity index (χ0v) is 10.5. The molecule has 0 amide bonds. The zero-order valence-electron chi connectivity index (χ0n) is 8.31. The monoisotopic (exact) mass is 321 g/mol. The summed E-state index contributed by atoms with van der Waals surface area (Å²) < 4.78 is 1.14. The Balaban J connectivity index is 2.39. The van der Waals surface area contributed by atoms with Crippen molar-refractivity contribution < 1.29 is 5.21 Å². The van der Waals surface area contributed by atoms with Gasteiger partial charge in [0, 0.05) is 14.7 Å². The van der Waals surface area contributed by atoms with E-state index in [9.17, 15) is 0 Å². The normalized spacial score (nSPS) is 14.9. The standard InChI is InChI=1S/C13H8INO/c14-8-5-6-10-9-3-1-2-4-11(9)13(15-16)12(10)7-8/h1-7,16H/b15-13-. The number of rotatable bonds is 0. The summed E-state index contributed by atoms with van der Waals surface area (Å²) in [6, 6.07) is 14.2.